The highest BCUT2D eigenvalue weighted by Gasteiger charge is 2.34. The predicted molar refractivity (Wildman–Crippen MR) is 117 cm³/mol. The predicted octanol–water partition coefficient (Wildman–Crippen LogP) is 3.80. The monoisotopic (exact) mass is 422 g/mol. The van der Waals surface area contributed by atoms with Gasteiger partial charge in [-0.1, -0.05) is 5.16 Å². The summed E-state index contributed by atoms with van der Waals surface area (Å²) in [5, 5.41) is 4.13. The van der Waals surface area contributed by atoms with Gasteiger partial charge in [-0.05, 0) is 55.3 Å². The number of anilines is 1. The minimum atomic E-state index is -0.234. The number of aromatic nitrogens is 2. The molecule has 31 heavy (non-hydrogen) atoms. The number of likely N-dealkylation sites (tertiary alicyclic amines) is 1. The molecule has 0 bridgehead atoms. The first kappa shape index (κ1) is 20.7. The number of amides is 1. The summed E-state index contributed by atoms with van der Waals surface area (Å²) in [5.74, 6) is 2.08. The molecule has 1 amide bonds. The number of rotatable bonds is 6. The Balaban J connectivity index is 1.56. The maximum absolute atomic E-state index is 13.1. The lowest BCUT2D eigenvalue weighted by atomic mass is 10.1. The lowest BCUT2D eigenvalue weighted by molar-refractivity contribution is 0.0710. The molecule has 8 nitrogen and oxygen atoms in total. The molecule has 1 aromatic heterocycles. The van der Waals surface area contributed by atoms with Gasteiger partial charge in [0.1, 0.15) is 6.04 Å². The molecule has 1 aliphatic heterocycles. The number of hydrogen-bond donors (Lipinski definition) is 0. The van der Waals surface area contributed by atoms with Crippen LogP contribution in [0.3, 0.4) is 0 Å². The van der Waals surface area contributed by atoms with Crippen LogP contribution in [-0.4, -0.2) is 55.8 Å². The summed E-state index contributed by atoms with van der Waals surface area (Å²) >= 11 is 0. The Kier molecular flexibility index (Phi) is 5.79. The summed E-state index contributed by atoms with van der Waals surface area (Å²) in [4.78, 5) is 21.5. The lowest BCUT2D eigenvalue weighted by Crippen LogP contribution is -2.30. The first-order valence-corrected chi connectivity index (χ1v) is 10.2. The van der Waals surface area contributed by atoms with E-state index in [2.05, 4.69) is 10.1 Å². The summed E-state index contributed by atoms with van der Waals surface area (Å²) in [6, 6.07) is 12.8. The second-order valence-corrected chi connectivity index (χ2v) is 7.62. The van der Waals surface area contributed by atoms with Crippen molar-refractivity contribution in [2.75, 3.05) is 39.8 Å². The molecule has 0 N–H and O–H groups in total. The Hall–Kier alpha value is -3.55. The van der Waals surface area contributed by atoms with E-state index in [1.165, 1.54) is 0 Å². The molecule has 0 radical (unpaired) electrons. The first-order valence-electron chi connectivity index (χ1n) is 10.2. The van der Waals surface area contributed by atoms with E-state index < -0.39 is 0 Å². The van der Waals surface area contributed by atoms with Crippen LogP contribution in [0.2, 0.25) is 0 Å². The summed E-state index contributed by atoms with van der Waals surface area (Å²) < 4.78 is 16.2. The van der Waals surface area contributed by atoms with Gasteiger partial charge in [-0.3, -0.25) is 4.79 Å². The number of hydrogen-bond acceptors (Lipinski definition) is 7. The van der Waals surface area contributed by atoms with Gasteiger partial charge < -0.3 is 23.8 Å². The molecule has 0 spiro atoms. The molecule has 1 saturated heterocycles. The average Bonchev–Trinajstić information content (AvgIpc) is 3.47. The maximum Gasteiger partial charge on any atom is 0.254 e. The number of carbonyl (C=O) groups is 1. The summed E-state index contributed by atoms with van der Waals surface area (Å²) in [6.45, 7) is 0.660. The smallest absolute Gasteiger partial charge is 0.254 e. The summed E-state index contributed by atoms with van der Waals surface area (Å²) in [5.41, 5.74) is 2.45. The van der Waals surface area contributed by atoms with Gasteiger partial charge in [0.2, 0.25) is 11.7 Å². The van der Waals surface area contributed by atoms with Gasteiger partial charge in [0.25, 0.3) is 5.91 Å². The van der Waals surface area contributed by atoms with Crippen molar-refractivity contribution in [3.63, 3.8) is 0 Å². The molecule has 1 unspecified atom stereocenters. The topological polar surface area (TPSA) is 80.9 Å². The van der Waals surface area contributed by atoms with Crippen molar-refractivity contribution in [1.29, 1.82) is 0 Å². The molecule has 4 rings (SSSR count). The largest absolute Gasteiger partial charge is 0.493 e. The van der Waals surface area contributed by atoms with Crippen LogP contribution in [0, 0.1) is 0 Å². The van der Waals surface area contributed by atoms with Crippen molar-refractivity contribution in [2.24, 2.45) is 0 Å². The van der Waals surface area contributed by atoms with E-state index in [4.69, 9.17) is 14.0 Å². The van der Waals surface area contributed by atoms with Crippen LogP contribution < -0.4 is 14.4 Å². The highest BCUT2D eigenvalue weighted by atomic mass is 16.5. The third kappa shape index (κ3) is 4.05. The van der Waals surface area contributed by atoms with Gasteiger partial charge in [0.15, 0.2) is 11.5 Å². The fourth-order valence-corrected chi connectivity index (χ4v) is 3.80. The third-order valence-electron chi connectivity index (χ3n) is 5.51. The van der Waals surface area contributed by atoms with Crippen molar-refractivity contribution in [3.8, 4) is 22.9 Å². The van der Waals surface area contributed by atoms with Crippen molar-refractivity contribution < 1.29 is 18.8 Å². The van der Waals surface area contributed by atoms with Crippen LogP contribution in [0.5, 0.6) is 11.5 Å². The molecule has 1 atom stereocenters. The van der Waals surface area contributed by atoms with Gasteiger partial charge >= 0.3 is 0 Å². The third-order valence-corrected chi connectivity index (χ3v) is 5.51. The minimum absolute atomic E-state index is 0.0290. The number of benzene rings is 2. The quantitative estimate of drug-likeness (QED) is 0.598. The molecule has 2 aromatic carbocycles. The summed E-state index contributed by atoms with van der Waals surface area (Å²) in [7, 11) is 7.11. The minimum Gasteiger partial charge on any atom is -0.493 e. The van der Waals surface area contributed by atoms with Crippen LogP contribution >= 0.6 is 0 Å². The van der Waals surface area contributed by atoms with E-state index in [0.717, 1.165) is 24.1 Å². The van der Waals surface area contributed by atoms with Gasteiger partial charge in [0.05, 0.1) is 14.2 Å². The van der Waals surface area contributed by atoms with Crippen LogP contribution in [0.4, 0.5) is 5.69 Å². The van der Waals surface area contributed by atoms with Crippen molar-refractivity contribution in [1.82, 2.24) is 15.0 Å². The second-order valence-electron chi connectivity index (χ2n) is 7.62. The molecule has 162 valence electrons. The van der Waals surface area contributed by atoms with E-state index in [1.807, 2.05) is 54.2 Å². The highest BCUT2D eigenvalue weighted by Crippen LogP contribution is 2.35. The number of carbonyl (C=O) groups excluding carboxylic acids is 1. The van der Waals surface area contributed by atoms with Crippen LogP contribution in [0.25, 0.3) is 11.4 Å². The molecule has 0 saturated carbocycles. The first-order chi connectivity index (χ1) is 15.0. The summed E-state index contributed by atoms with van der Waals surface area (Å²) in [6.07, 6.45) is 1.68. The molecule has 3 aromatic rings. The van der Waals surface area contributed by atoms with Crippen molar-refractivity contribution in [2.45, 2.75) is 18.9 Å². The Bertz CT molecular complexity index is 1060. The lowest BCUT2D eigenvalue weighted by Gasteiger charge is -2.22. The van der Waals surface area contributed by atoms with E-state index in [9.17, 15) is 4.79 Å². The fraction of sp³-hybridized carbons (Fsp3) is 0.348. The fourth-order valence-electron chi connectivity index (χ4n) is 3.80. The molecule has 8 heteroatoms. The van der Waals surface area contributed by atoms with Crippen LogP contribution in [-0.2, 0) is 0 Å². The SMILES string of the molecule is COc1ccc(-c2noc(C3CCCN3C(=O)c3ccc(N(C)C)cc3)n2)cc1OC. The Morgan fingerprint density at radius 3 is 2.52 bits per heavy atom. The van der Waals surface area contributed by atoms with Crippen LogP contribution in [0.15, 0.2) is 47.0 Å². The van der Waals surface area contributed by atoms with E-state index in [1.54, 1.807) is 26.4 Å². The maximum atomic E-state index is 13.1. The van der Waals surface area contributed by atoms with Gasteiger partial charge in [-0.15, -0.1) is 0 Å². The highest BCUT2D eigenvalue weighted by molar-refractivity contribution is 5.95. The molecular formula is C23H26N4O4. The zero-order chi connectivity index (χ0) is 22.0. The van der Waals surface area contributed by atoms with Crippen LogP contribution in [0.1, 0.15) is 35.1 Å². The standard InChI is InChI=1S/C23H26N4O4/c1-26(2)17-10-7-15(8-11-17)23(28)27-13-5-6-18(27)22-24-21(25-31-22)16-9-12-19(29-3)20(14-16)30-4/h7-12,14,18H,5-6,13H2,1-4H3. The van der Waals surface area contributed by atoms with Gasteiger partial charge in [-0.25, -0.2) is 0 Å². The zero-order valence-corrected chi connectivity index (χ0v) is 18.2. The van der Waals surface area contributed by atoms with Crippen molar-refractivity contribution >= 4 is 11.6 Å². The molecule has 2 heterocycles. The normalized spacial score (nSPS) is 15.7. The number of nitrogens with zero attached hydrogens (tertiary/aromatic N) is 4. The van der Waals surface area contributed by atoms with E-state index in [0.29, 0.717) is 35.3 Å². The van der Waals surface area contributed by atoms with Crippen molar-refractivity contribution in [3.05, 3.63) is 53.9 Å². The average molecular weight is 422 g/mol. The second kappa shape index (κ2) is 8.67. The van der Waals surface area contributed by atoms with E-state index >= 15 is 0 Å². The Morgan fingerprint density at radius 1 is 1.10 bits per heavy atom. The number of methoxy groups -OCH3 is 2. The molecule has 0 aliphatic carbocycles. The molecule has 1 aliphatic rings. The van der Waals surface area contributed by atoms with Gasteiger partial charge in [0, 0.05) is 37.5 Å². The van der Waals surface area contributed by atoms with E-state index in [-0.39, 0.29) is 11.9 Å². The molecule has 1 fully saturated rings. The van der Waals surface area contributed by atoms with Gasteiger partial charge in [-0.2, -0.15) is 4.98 Å². The zero-order valence-electron chi connectivity index (χ0n) is 18.2. The number of ether oxygens (including phenoxy) is 2. The molecular weight excluding hydrogens is 396 g/mol. The Labute approximate surface area is 181 Å². The Morgan fingerprint density at radius 2 is 1.84 bits per heavy atom.